The molecule has 0 aliphatic carbocycles. The molecule has 25 heavy (non-hydrogen) atoms. The van der Waals surface area contributed by atoms with E-state index in [-0.39, 0.29) is 12.4 Å². The summed E-state index contributed by atoms with van der Waals surface area (Å²) in [6.45, 7) is 12.8. The molecule has 0 saturated carbocycles. The van der Waals surface area contributed by atoms with Crippen LogP contribution in [-0.4, -0.2) is 23.1 Å². The molecular formula is C20H29ClN4. The van der Waals surface area contributed by atoms with Crippen LogP contribution >= 0.6 is 12.4 Å². The van der Waals surface area contributed by atoms with Gasteiger partial charge >= 0.3 is 0 Å². The maximum Gasteiger partial charge on any atom is 0.224 e. The summed E-state index contributed by atoms with van der Waals surface area (Å²) in [5.41, 5.74) is 5.10. The van der Waals surface area contributed by atoms with Gasteiger partial charge in [0, 0.05) is 24.3 Å². The van der Waals surface area contributed by atoms with Crippen LogP contribution in [0.3, 0.4) is 0 Å². The Morgan fingerprint density at radius 2 is 1.92 bits per heavy atom. The molecule has 0 radical (unpaired) electrons. The number of hydrogen-bond donors (Lipinski definition) is 1. The lowest BCUT2D eigenvalue weighted by atomic mass is 9.93. The van der Waals surface area contributed by atoms with Gasteiger partial charge in [-0.15, -0.1) is 12.4 Å². The second-order valence-electron chi connectivity index (χ2n) is 7.17. The van der Waals surface area contributed by atoms with Crippen LogP contribution in [0.15, 0.2) is 24.3 Å². The third kappa shape index (κ3) is 4.06. The van der Waals surface area contributed by atoms with Crippen LogP contribution in [0.5, 0.6) is 0 Å². The molecule has 0 bridgehead atoms. The van der Waals surface area contributed by atoms with Gasteiger partial charge in [-0.1, -0.05) is 38.1 Å². The third-order valence-corrected chi connectivity index (χ3v) is 4.90. The number of benzene rings is 1. The second kappa shape index (κ2) is 8.05. The van der Waals surface area contributed by atoms with Crippen LogP contribution < -0.4 is 10.2 Å². The minimum Gasteiger partial charge on any atom is -0.354 e. The normalized spacial score (nSPS) is 16.4. The predicted octanol–water partition coefficient (Wildman–Crippen LogP) is 4.71. The largest absolute Gasteiger partial charge is 0.354 e. The fourth-order valence-electron chi connectivity index (χ4n) is 3.33. The van der Waals surface area contributed by atoms with E-state index >= 15 is 0 Å². The summed E-state index contributed by atoms with van der Waals surface area (Å²) in [6, 6.07) is 9.09. The van der Waals surface area contributed by atoms with Crippen LogP contribution in [0.25, 0.3) is 0 Å². The lowest BCUT2D eigenvalue weighted by Gasteiger charge is -2.37. The highest BCUT2D eigenvalue weighted by molar-refractivity contribution is 5.85. The predicted molar refractivity (Wildman–Crippen MR) is 108 cm³/mol. The number of aromatic nitrogens is 2. The zero-order valence-corrected chi connectivity index (χ0v) is 16.7. The minimum atomic E-state index is 0. The summed E-state index contributed by atoms with van der Waals surface area (Å²) in [6.07, 6.45) is 1.07. The van der Waals surface area contributed by atoms with Crippen molar-refractivity contribution in [1.82, 2.24) is 9.97 Å². The van der Waals surface area contributed by atoms with Gasteiger partial charge in [0.1, 0.15) is 5.82 Å². The molecule has 2 heterocycles. The second-order valence-corrected chi connectivity index (χ2v) is 7.17. The fourth-order valence-corrected chi connectivity index (χ4v) is 3.33. The molecule has 1 aromatic heterocycles. The van der Waals surface area contributed by atoms with Crippen molar-refractivity contribution >= 4 is 24.2 Å². The van der Waals surface area contributed by atoms with Gasteiger partial charge in [-0.25, -0.2) is 4.98 Å². The molecule has 1 aromatic carbocycles. The summed E-state index contributed by atoms with van der Waals surface area (Å²) in [5, 5.41) is 3.38. The Hall–Kier alpha value is -1.81. The van der Waals surface area contributed by atoms with E-state index in [2.05, 4.69) is 74.1 Å². The van der Waals surface area contributed by atoms with Crippen molar-refractivity contribution in [2.75, 3.05) is 23.3 Å². The average molecular weight is 361 g/mol. The third-order valence-electron chi connectivity index (χ3n) is 4.90. The van der Waals surface area contributed by atoms with Gasteiger partial charge in [0.25, 0.3) is 0 Å². The van der Waals surface area contributed by atoms with Crippen molar-refractivity contribution in [3.8, 4) is 0 Å². The average Bonchev–Trinajstić information content (AvgIpc) is 2.57. The number of nitrogens with zero attached hydrogens (tertiary/aromatic N) is 3. The molecule has 0 saturated heterocycles. The Morgan fingerprint density at radius 1 is 1.20 bits per heavy atom. The first kappa shape index (κ1) is 19.5. The first-order chi connectivity index (χ1) is 11.5. The van der Waals surface area contributed by atoms with Gasteiger partial charge in [-0.05, 0) is 44.2 Å². The van der Waals surface area contributed by atoms with Crippen LogP contribution in [0.2, 0.25) is 0 Å². The molecular weight excluding hydrogens is 332 g/mol. The molecule has 3 rings (SSSR count). The standard InChI is InChI=1S/C20H28N4.ClH/c1-13(2)12-21-20-22-15(4)14(3)19(23-20)24-11-10-17-8-6-7-9-18(17)16(24)5;/h6-9,13,16H,10-12H2,1-5H3,(H,21,22,23);1H. The van der Waals surface area contributed by atoms with Crippen LogP contribution in [0.4, 0.5) is 11.8 Å². The Morgan fingerprint density at radius 3 is 2.64 bits per heavy atom. The van der Waals surface area contributed by atoms with Crippen LogP contribution in [0.1, 0.15) is 49.2 Å². The molecule has 4 nitrogen and oxygen atoms in total. The highest BCUT2D eigenvalue weighted by Crippen LogP contribution is 2.34. The van der Waals surface area contributed by atoms with Gasteiger partial charge in [0.2, 0.25) is 5.95 Å². The number of nitrogens with one attached hydrogen (secondary N) is 1. The topological polar surface area (TPSA) is 41.1 Å². The molecule has 1 N–H and O–H groups in total. The lowest BCUT2D eigenvalue weighted by molar-refractivity contribution is 0.613. The van der Waals surface area contributed by atoms with E-state index in [0.717, 1.165) is 37.0 Å². The molecule has 0 amide bonds. The lowest BCUT2D eigenvalue weighted by Crippen LogP contribution is -2.35. The molecule has 1 aliphatic rings. The van der Waals surface area contributed by atoms with E-state index in [0.29, 0.717) is 12.0 Å². The minimum absolute atomic E-state index is 0. The molecule has 0 fully saturated rings. The van der Waals surface area contributed by atoms with Crippen molar-refractivity contribution in [3.05, 3.63) is 46.6 Å². The van der Waals surface area contributed by atoms with Crippen molar-refractivity contribution in [2.45, 2.75) is 47.1 Å². The Labute approximate surface area is 157 Å². The Kier molecular flexibility index (Phi) is 6.28. The Balaban J connectivity index is 0.00000225. The number of anilines is 2. The van der Waals surface area contributed by atoms with Gasteiger partial charge < -0.3 is 10.2 Å². The summed E-state index contributed by atoms with van der Waals surface area (Å²) in [4.78, 5) is 11.9. The fraction of sp³-hybridized carbons (Fsp3) is 0.500. The van der Waals surface area contributed by atoms with E-state index in [4.69, 9.17) is 4.98 Å². The van der Waals surface area contributed by atoms with E-state index in [1.165, 1.54) is 16.7 Å². The van der Waals surface area contributed by atoms with Crippen LogP contribution in [-0.2, 0) is 6.42 Å². The zero-order chi connectivity index (χ0) is 17.3. The van der Waals surface area contributed by atoms with E-state index < -0.39 is 0 Å². The SMILES string of the molecule is Cc1nc(NCC(C)C)nc(N2CCc3ccccc3C2C)c1C.Cl. The van der Waals surface area contributed by atoms with E-state index in [1.807, 2.05) is 0 Å². The first-order valence-corrected chi connectivity index (χ1v) is 8.91. The van der Waals surface area contributed by atoms with Crippen LogP contribution in [0, 0.1) is 19.8 Å². The van der Waals surface area contributed by atoms with Crippen molar-refractivity contribution in [3.63, 3.8) is 0 Å². The smallest absolute Gasteiger partial charge is 0.224 e. The molecule has 0 spiro atoms. The monoisotopic (exact) mass is 360 g/mol. The number of rotatable bonds is 4. The Bertz CT molecular complexity index is 730. The number of aryl methyl sites for hydroxylation is 1. The zero-order valence-electron chi connectivity index (χ0n) is 15.8. The molecule has 1 atom stereocenters. The van der Waals surface area contributed by atoms with Crippen molar-refractivity contribution < 1.29 is 0 Å². The van der Waals surface area contributed by atoms with E-state index in [1.54, 1.807) is 0 Å². The molecule has 5 heteroatoms. The van der Waals surface area contributed by atoms with E-state index in [9.17, 15) is 0 Å². The highest BCUT2D eigenvalue weighted by Gasteiger charge is 2.26. The summed E-state index contributed by atoms with van der Waals surface area (Å²) >= 11 is 0. The summed E-state index contributed by atoms with van der Waals surface area (Å²) in [5.74, 6) is 2.38. The number of fused-ring (bicyclic) bond motifs is 1. The molecule has 1 aliphatic heterocycles. The van der Waals surface area contributed by atoms with Gasteiger partial charge in [0.15, 0.2) is 0 Å². The van der Waals surface area contributed by atoms with Crippen molar-refractivity contribution in [1.29, 1.82) is 0 Å². The summed E-state index contributed by atoms with van der Waals surface area (Å²) in [7, 11) is 0. The highest BCUT2D eigenvalue weighted by atomic mass is 35.5. The quantitative estimate of drug-likeness (QED) is 0.857. The summed E-state index contributed by atoms with van der Waals surface area (Å²) < 4.78 is 0. The number of halogens is 1. The van der Waals surface area contributed by atoms with Gasteiger partial charge in [0.05, 0.1) is 6.04 Å². The van der Waals surface area contributed by atoms with Crippen molar-refractivity contribution in [2.24, 2.45) is 5.92 Å². The van der Waals surface area contributed by atoms with Gasteiger partial charge in [-0.2, -0.15) is 4.98 Å². The maximum atomic E-state index is 4.86. The molecule has 2 aromatic rings. The van der Waals surface area contributed by atoms with Gasteiger partial charge in [-0.3, -0.25) is 0 Å². The maximum absolute atomic E-state index is 4.86. The number of hydrogen-bond acceptors (Lipinski definition) is 4. The first-order valence-electron chi connectivity index (χ1n) is 8.91. The molecule has 136 valence electrons. The molecule has 1 unspecified atom stereocenters.